The Kier molecular flexibility index (Phi) is 18.9. The van der Waals surface area contributed by atoms with Crippen LogP contribution in [0.25, 0.3) is 110 Å². The van der Waals surface area contributed by atoms with Gasteiger partial charge in [0.25, 0.3) is 0 Å². The summed E-state index contributed by atoms with van der Waals surface area (Å²) in [6, 6.07) is 159. The molecule has 0 saturated heterocycles. The number of nitrogens with zero attached hydrogens (tertiary/aromatic N) is 4. The summed E-state index contributed by atoms with van der Waals surface area (Å²) in [4.78, 5) is 9.91. The third-order valence-corrected chi connectivity index (χ3v) is 29.3. The second kappa shape index (κ2) is 32.0. The smallest absolute Gasteiger partial charge is 0.145 e. The van der Waals surface area contributed by atoms with Gasteiger partial charge < -0.3 is 37.3 Å². The average Bonchev–Trinajstić information content (AvgIpc) is 1.50. The Morgan fingerprint density at radius 1 is 0.203 bits per heavy atom. The molecule has 2 aliphatic carbocycles. The highest BCUT2D eigenvalue weighted by molar-refractivity contribution is 6.28. The summed E-state index contributed by atoms with van der Waals surface area (Å²) in [5.74, 6) is 0. The van der Waals surface area contributed by atoms with E-state index in [0.717, 1.165) is 251 Å². The standard InChI is InChI=1S/C130H94N4O4/c1-80-54-65-95(66-55-80)131(96-67-56-81(2)57-68-96)109-76-103-122(125-116(109)99-46-26-29-50-113(99)135-125)123-104(129(103,89-34-14-8-15-35-89)90-36-16-9-17-37-90)77-110(132(97-69-58-82(3)59-70-97)98-71-60-83(4)61-72-98)119-102-49-32-33-88(124(102)138-128(119)123)74-87-64-63-86(7)108(75-87)134(94-44-24-13-25-45-94)112-79-106-121(127-118(112)101-48-28-31-52-115(101)137-127)120-105(130(106,91-38-18-10-19-39-91)92-40-20-11-21-41-92)78-111(117-100-47-27-30-51-114(100)136-126(117)120)133(93-42-22-12-23-43-93)107-73-84(5)53-62-85(107)6/h8-73,75-79H,74H2,1-7H3. The van der Waals surface area contributed by atoms with Gasteiger partial charge in [0.2, 0.25) is 0 Å². The van der Waals surface area contributed by atoms with Crippen LogP contribution >= 0.6 is 0 Å². The lowest BCUT2D eigenvalue weighted by Crippen LogP contribution is -2.29. The number of benzene rings is 20. The van der Waals surface area contributed by atoms with Crippen molar-refractivity contribution < 1.29 is 17.7 Å². The molecule has 138 heavy (non-hydrogen) atoms. The molecular formula is C130H94N4O4. The number of anilines is 12. The molecule has 26 rings (SSSR count). The van der Waals surface area contributed by atoms with E-state index >= 15 is 0 Å². The molecule has 0 N–H and O–H groups in total. The molecule has 0 bridgehead atoms. The number of furan rings is 4. The minimum Gasteiger partial charge on any atom is -0.455 e. The quantitative estimate of drug-likeness (QED) is 0.0842. The second-order valence-corrected chi connectivity index (χ2v) is 37.7. The predicted molar refractivity (Wildman–Crippen MR) is 571 cm³/mol. The Bertz CT molecular complexity index is 8800. The van der Waals surface area contributed by atoms with Gasteiger partial charge in [0, 0.05) is 95.7 Å². The van der Waals surface area contributed by atoms with Crippen molar-refractivity contribution in [3.63, 3.8) is 0 Å². The Labute approximate surface area is 801 Å². The third kappa shape index (κ3) is 12.5. The van der Waals surface area contributed by atoms with Crippen molar-refractivity contribution in [3.8, 4) is 22.3 Å². The highest BCUT2D eigenvalue weighted by Gasteiger charge is 2.54. The van der Waals surface area contributed by atoms with E-state index in [2.05, 4.69) is 499 Å². The fourth-order valence-electron chi connectivity index (χ4n) is 23.1. The molecule has 4 heterocycles. The number of aryl methyl sites for hydroxylation is 7. The summed E-state index contributed by atoms with van der Waals surface area (Å²) in [5.41, 5.74) is 39.1. The van der Waals surface area contributed by atoms with Gasteiger partial charge in [-0.25, -0.2) is 0 Å². The van der Waals surface area contributed by atoms with Crippen LogP contribution in [-0.2, 0) is 17.3 Å². The fraction of sp³-hybridized carbons (Fsp3) is 0.0769. The Hall–Kier alpha value is -17.2. The lowest BCUT2D eigenvalue weighted by Gasteiger charge is -2.36. The van der Waals surface area contributed by atoms with E-state index in [4.69, 9.17) is 17.7 Å². The number of rotatable bonds is 18. The first-order valence-corrected chi connectivity index (χ1v) is 47.8. The van der Waals surface area contributed by atoms with Gasteiger partial charge in [0.1, 0.15) is 44.7 Å². The van der Waals surface area contributed by atoms with Crippen LogP contribution in [0.3, 0.4) is 0 Å². The number of para-hydroxylation sites is 6. The number of fused-ring (bicyclic) bond motifs is 22. The molecule has 0 atom stereocenters. The molecule has 8 nitrogen and oxygen atoms in total. The topological polar surface area (TPSA) is 65.5 Å². The normalized spacial score (nSPS) is 12.9. The zero-order valence-corrected chi connectivity index (χ0v) is 77.6. The molecule has 4 aromatic heterocycles. The second-order valence-electron chi connectivity index (χ2n) is 37.7. The van der Waals surface area contributed by atoms with Crippen molar-refractivity contribution in [2.75, 3.05) is 19.6 Å². The number of hydrogen-bond acceptors (Lipinski definition) is 8. The maximum absolute atomic E-state index is 8.38. The average molecular weight is 1780 g/mol. The largest absolute Gasteiger partial charge is 0.455 e. The van der Waals surface area contributed by atoms with Crippen molar-refractivity contribution in [1.82, 2.24) is 0 Å². The zero-order valence-electron chi connectivity index (χ0n) is 77.6. The zero-order chi connectivity index (χ0) is 92.3. The molecule has 0 saturated carbocycles. The van der Waals surface area contributed by atoms with Crippen LogP contribution in [0, 0.1) is 48.5 Å². The van der Waals surface area contributed by atoms with Crippen molar-refractivity contribution in [2.45, 2.75) is 65.7 Å². The molecule has 0 fully saturated rings. The van der Waals surface area contributed by atoms with Gasteiger partial charge in [-0.3, -0.25) is 0 Å². The molecular weight excluding hydrogens is 1680 g/mol. The fourth-order valence-corrected chi connectivity index (χ4v) is 23.1. The van der Waals surface area contributed by atoms with Crippen LogP contribution in [-0.4, -0.2) is 0 Å². The predicted octanol–water partition coefficient (Wildman–Crippen LogP) is 35.6. The molecule has 8 heteroatoms. The maximum Gasteiger partial charge on any atom is 0.145 e. The lowest BCUT2D eigenvalue weighted by molar-refractivity contribution is 0.662. The van der Waals surface area contributed by atoms with Gasteiger partial charge >= 0.3 is 0 Å². The monoisotopic (exact) mass is 1770 g/mol. The molecule has 0 amide bonds. The Balaban J connectivity index is 0.738. The van der Waals surface area contributed by atoms with Crippen LogP contribution < -0.4 is 19.6 Å². The van der Waals surface area contributed by atoms with E-state index in [1.807, 2.05) is 0 Å². The van der Waals surface area contributed by atoms with Gasteiger partial charge in [-0.05, 0) is 248 Å². The lowest BCUT2D eigenvalue weighted by atomic mass is 9.67. The minimum atomic E-state index is -1.01. The molecule has 0 radical (unpaired) electrons. The highest BCUT2D eigenvalue weighted by atomic mass is 16.3. The van der Waals surface area contributed by atoms with E-state index in [-0.39, 0.29) is 0 Å². The molecule has 0 spiro atoms. The molecule has 24 aromatic rings. The van der Waals surface area contributed by atoms with Crippen LogP contribution in [0.4, 0.5) is 68.2 Å². The SMILES string of the molecule is Cc1ccc(N(c2ccc(C)cc2)c2cc3c(c4oc5ccccc5c24)-c2c(cc(N(c4ccc(C)cc4)c4ccc(C)cc4)c4c2oc2c(Cc5ccc(C)c(N(c6ccccc6)c6cc7c(c8oc9ccccc9c68)-c6c(cc(N(c8ccccc8)c8cc(C)ccc8C)c8c6oc6ccccc68)C7(c6ccccc6)c6ccccc6)c5)cccc24)C3(c2ccccc2)c2ccccc2)cc1. The van der Waals surface area contributed by atoms with Gasteiger partial charge in [-0.2, -0.15) is 0 Å². The highest BCUT2D eigenvalue weighted by Crippen LogP contribution is 2.68. The summed E-state index contributed by atoms with van der Waals surface area (Å²) in [6.07, 6.45) is 0.496. The summed E-state index contributed by atoms with van der Waals surface area (Å²) in [6.45, 7) is 15.3. The van der Waals surface area contributed by atoms with Gasteiger partial charge in [0.05, 0.1) is 55.1 Å². The molecule has 0 aliphatic heterocycles. The van der Waals surface area contributed by atoms with E-state index < -0.39 is 10.8 Å². The maximum atomic E-state index is 8.38. The summed E-state index contributed by atoms with van der Waals surface area (Å²) >= 11 is 0. The molecule has 658 valence electrons. The van der Waals surface area contributed by atoms with Gasteiger partial charge in [0.15, 0.2) is 0 Å². The first kappa shape index (κ1) is 81.6. The Morgan fingerprint density at radius 3 is 0.833 bits per heavy atom. The van der Waals surface area contributed by atoms with Crippen molar-refractivity contribution in [3.05, 3.63) is 525 Å². The van der Waals surface area contributed by atoms with E-state index in [1.54, 1.807) is 0 Å². The van der Waals surface area contributed by atoms with Crippen LogP contribution in [0.1, 0.15) is 94.6 Å². The molecule has 2 aliphatic rings. The summed E-state index contributed by atoms with van der Waals surface area (Å²) in [5, 5.41) is 7.98. The first-order chi connectivity index (χ1) is 67.8. The molecule has 20 aromatic carbocycles. The van der Waals surface area contributed by atoms with Crippen LogP contribution in [0.5, 0.6) is 0 Å². The van der Waals surface area contributed by atoms with Crippen LogP contribution in [0.15, 0.2) is 448 Å². The van der Waals surface area contributed by atoms with Crippen LogP contribution in [0.2, 0.25) is 0 Å². The summed E-state index contributed by atoms with van der Waals surface area (Å²) in [7, 11) is 0. The van der Waals surface area contributed by atoms with Gasteiger partial charge in [-0.15, -0.1) is 0 Å². The van der Waals surface area contributed by atoms with Crippen molar-refractivity contribution in [1.29, 1.82) is 0 Å². The van der Waals surface area contributed by atoms with E-state index in [0.29, 0.717) is 6.42 Å². The summed E-state index contributed by atoms with van der Waals surface area (Å²) < 4.78 is 31.7. The minimum absolute atomic E-state index is 0.496. The number of hydrogen-bond donors (Lipinski definition) is 0. The van der Waals surface area contributed by atoms with Crippen molar-refractivity contribution in [2.24, 2.45) is 0 Å². The van der Waals surface area contributed by atoms with Crippen molar-refractivity contribution >= 4 is 156 Å². The molecule has 0 unspecified atom stereocenters. The van der Waals surface area contributed by atoms with E-state index in [1.165, 1.54) is 22.3 Å². The Morgan fingerprint density at radius 2 is 0.478 bits per heavy atom. The van der Waals surface area contributed by atoms with E-state index in [9.17, 15) is 0 Å². The third-order valence-electron chi connectivity index (χ3n) is 29.3. The first-order valence-electron chi connectivity index (χ1n) is 47.8. The van der Waals surface area contributed by atoms with Gasteiger partial charge in [-0.1, -0.05) is 326 Å².